The van der Waals surface area contributed by atoms with Gasteiger partial charge in [0, 0.05) is 6.42 Å². The molecule has 0 saturated heterocycles. The molecule has 0 aromatic heterocycles. The van der Waals surface area contributed by atoms with Crippen LogP contribution >= 0.6 is 0 Å². The molecule has 2 heteroatoms. The molecule has 1 nitrogen and oxygen atoms in total. The van der Waals surface area contributed by atoms with Gasteiger partial charge in [0.25, 0.3) is 0 Å². The smallest absolute Gasteiger partial charge is 0.132 e. The molecule has 0 heterocycles. The molecule has 0 aliphatic heterocycles. The van der Waals surface area contributed by atoms with Crippen LogP contribution in [0.25, 0.3) is 0 Å². The van der Waals surface area contributed by atoms with Gasteiger partial charge in [0.2, 0.25) is 0 Å². The van der Waals surface area contributed by atoms with Crippen LogP contribution in [0.4, 0.5) is 0 Å². The Labute approximate surface area is 99.9 Å². The number of carbonyl (C=O) groups is 1. The molecule has 0 bridgehead atoms. The zero-order chi connectivity index (χ0) is 12.4. The van der Waals surface area contributed by atoms with E-state index >= 15 is 0 Å². The molecule has 0 aliphatic rings. The van der Waals surface area contributed by atoms with Crippen molar-refractivity contribution in [2.75, 3.05) is 0 Å². The van der Waals surface area contributed by atoms with E-state index in [1.807, 2.05) is 30.3 Å². The average molecular weight is 234 g/mol. The van der Waals surface area contributed by atoms with E-state index in [0.29, 0.717) is 11.8 Å². The van der Waals surface area contributed by atoms with Crippen molar-refractivity contribution in [1.82, 2.24) is 0 Å². The van der Waals surface area contributed by atoms with Gasteiger partial charge in [-0.2, -0.15) is 0 Å². The van der Waals surface area contributed by atoms with Gasteiger partial charge in [0.15, 0.2) is 0 Å². The summed E-state index contributed by atoms with van der Waals surface area (Å²) >= 11 is 0. The summed E-state index contributed by atoms with van der Waals surface area (Å²) in [7, 11) is -1.83. The van der Waals surface area contributed by atoms with Crippen LogP contribution < -0.4 is 0 Å². The number of rotatable bonds is 3. The van der Waals surface area contributed by atoms with Gasteiger partial charge < -0.3 is 4.79 Å². The summed E-state index contributed by atoms with van der Waals surface area (Å²) in [4.78, 5) is 12.3. The molecule has 16 heavy (non-hydrogen) atoms. The standard InChI is InChI=1S/C14H22OSi/c1-14(2,3)16(4,5)13(15)11-12-9-7-6-8-10-12/h6-10H,11H2,1-5H3. The van der Waals surface area contributed by atoms with Crippen molar-refractivity contribution in [3.8, 4) is 0 Å². The normalized spacial score (nSPS) is 12.6. The molecule has 0 saturated carbocycles. The quantitative estimate of drug-likeness (QED) is 0.726. The SMILES string of the molecule is CC(C)(C)[Si](C)(C)C(=O)Cc1ccccc1. The third kappa shape index (κ3) is 2.82. The van der Waals surface area contributed by atoms with E-state index in [0.717, 1.165) is 5.56 Å². The van der Waals surface area contributed by atoms with Crippen LogP contribution in [0.3, 0.4) is 0 Å². The van der Waals surface area contributed by atoms with Gasteiger partial charge in [-0.3, -0.25) is 0 Å². The summed E-state index contributed by atoms with van der Waals surface area (Å²) in [6, 6.07) is 10.0. The Kier molecular flexibility index (Phi) is 3.74. The van der Waals surface area contributed by atoms with Crippen molar-refractivity contribution >= 4 is 13.5 Å². The van der Waals surface area contributed by atoms with Gasteiger partial charge in [0.1, 0.15) is 13.5 Å². The first-order valence-electron chi connectivity index (χ1n) is 5.82. The predicted molar refractivity (Wildman–Crippen MR) is 72.4 cm³/mol. The number of carbonyl (C=O) groups excluding carboxylic acids is 1. The summed E-state index contributed by atoms with van der Waals surface area (Å²) < 4.78 is 0. The van der Waals surface area contributed by atoms with Crippen LogP contribution in [0.2, 0.25) is 18.1 Å². The Morgan fingerprint density at radius 2 is 1.62 bits per heavy atom. The van der Waals surface area contributed by atoms with Crippen molar-refractivity contribution in [3.63, 3.8) is 0 Å². The largest absolute Gasteiger partial charge is 0.305 e. The fourth-order valence-electron chi connectivity index (χ4n) is 1.42. The Balaban J connectivity index is 2.81. The van der Waals surface area contributed by atoms with Crippen LogP contribution in [-0.2, 0) is 11.2 Å². The zero-order valence-electron chi connectivity index (χ0n) is 11.0. The predicted octanol–water partition coefficient (Wildman–Crippen LogP) is 3.85. The summed E-state index contributed by atoms with van der Waals surface area (Å²) in [6.45, 7) is 10.9. The number of benzene rings is 1. The number of hydrogen-bond acceptors (Lipinski definition) is 1. The van der Waals surface area contributed by atoms with Crippen molar-refractivity contribution in [3.05, 3.63) is 35.9 Å². The first kappa shape index (κ1) is 13.2. The Morgan fingerprint density at radius 1 is 1.12 bits per heavy atom. The summed E-state index contributed by atoms with van der Waals surface area (Å²) in [5, 5.41) is 0.588. The molecule has 0 fully saturated rings. The minimum atomic E-state index is -1.83. The molecular formula is C14H22OSi. The molecule has 88 valence electrons. The molecule has 0 unspecified atom stereocenters. The molecule has 0 amide bonds. The Bertz CT molecular complexity index is 360. The maximum Gasteiger partial charge on any atom is 0.132 e. The molecule has 1 aromatic carbocycles. The van der Waals surface area contributed by atoms with Crippen molar-refractivity contribution in [2.45, 2.75) is 45.3 Å². The highest BCUT2D eigenvalue weighted by Crippen LogP contribution is 2.36. The van der Waals surface area contributed by atoms with Crippen LogP contribution in [0.5, 0.6) is 0 Å². The van der Waals surface area contributed by atoms with Gasteiger partial charge in [-0.25, -0.2) is 0 Å². The molecule has 1 aromatic rings. The fourth-order valence-corrected chi connectivity index (χ4v) is 2.90. The zero-order valence-corrected chi connectivity index (χ0v) is 12.0. The second-order valence-electron chi connectivity index (χ2n) is 5.96. The first-order chi connectivity index (χ1) is 7.25. The highest BCUT2D eigenvalue weighted by Gasteiger charge is 2.41. The van der Waals surface area contributed by atoms with Crippen LogP contribution in [0.1, 0.15) is 26.3 Å². The van der Waals surface area contributed by atoms with Crippen LogP contribution in [0, 0.1) is 0 Å². The number of hydrogen-bond donors (Lipinski definition) is 0. The highest BCUT2D eigenvalue weighted by atomic mass is 28.3. The third-order valence-electron chi connectivity index (χ3n) is 3.78. The van der Waals surface area contributed by atoms with Gasteiger partial charge in [0.05, 0.1) is 0 Å². The molecule has 0 spiro atoms. The van der Waals surface area contributed by atoms with Crippen molar-refractivity contribution in [1.29, 1.82) is 0 Å². The lowest BCUT2D eigenvalue weighted by Gasteiger charge is -2.35. The molecule has 0 atom stereocenters. The molecular weight excluding hydrogens is 212 g/mol. The minimum Gasteiger partial charge on any atom is -0.305 e. The molecule has 0 N–H and O–H groups in total. The fraction of sp³-hybridized carbons (Fsp3) is 0.500. The van der Waals surface area contributed by atoms with Crippen molar-refractivity contribution < 1.29 is 4.79 Å². The van der Waals surface area contributed by atoms with Crippen molar-refractivity contribution in [2.24, 2.45) is 0 Å². The monoisotopic (exact) mass is 234 g/mol. The van der Waals surface area contributed by atoms with E-state index in [-0.39, 0.29) is 5.04 Å². The van der Waals surface area contributed by atoms with Crippen LogP contribution in [-0.4, -0.2) is 13.5 Å². The van der Waals surface area contributed by atoms with E-state index in [1.54, 1.807) is 0 Å². The molecule has 1 rings (SSSR count). The van der Waals surface area contributed by atoms with Gasteiger partial charge in [-0.05, 0) is 10.6 Å². The van der Waals surface area contributed by atoms with Crippen LogP contribution in [0.15, 0.2) is 30.3 Å². The minimum absolute atomic E-state index is 0.138. The Morgan fingerprint density at radius 3 is 2.06 bits per heavy atom. The Hall–Kier alpha value is -0.893. The van der Waals surface area contributed by atoms with E-state index in [2.05, 4.69) is 33.9 Å². The van der Waals surface area contributed by atoms with E-state index in [9.17, 15) is 4.79 Å². The van der Waals surface area contributed by atoms with Gasteiger partial charge >= 0.3 is 0 Å². The molecule has 0 aliphatic carbocycles. The van der Waals surface area contributed by atoms with E-state index in [4.69, 9.17) is 0 Å². The summed E-state index contributed by atoms with van der Waals surface area (Å²) in [5.74, 6) is 0. The summed E-state index contributed by atoms with van der Waals surface area (Å²) in [6.07, 6.45) is 0.595. The second-order valence-corrected chi connectivity index (χ2v) is 11.3. The lowest BCUT2D eigenvalue weighted by Crippen LogP contribution is -2.47. The maximum absolute atomic E-state index is 12.3. The maximum atomic E-state index is 12.3. The molecule has 0 radical (unpaired) electrons. The van der Waals surface area contributed by atoms with E-state index < -0.39 is 8.07 Å². The van der Waals surface area contributed by atoms with E-state index in [1.165, 1.54) is 0 Å². The third-order valence-corrected chi connectivity index (χ3v) is 9.10. The summed E-state index contributed by atoms with van der Waals surface area (Å²) in [5.41, 5.74) is 1.14. The lowest BCUT2D eigenvalue weighted by atomic mass is 10.2. The first-order valence-corrected chi connectivity index (χ1v) is 8.82. The topological polar surface area (TPSA) is 17.1 Å². The second kappa shape index (κ2) is 4.54. The van der Waals surface area contributed by atoms with Gasteiger partial charge in [-0.1, -0.05) is 64.2 Å². The highest BCUT2D eigenvalue weighted by molar-refractivity contribution is 7.06. The average Bonchev–Trinajstić information content (AvgIpc) is 2.17. The lowest BCUT2D eigenvalue weighted by molar-refractivity contribution is -0.112. The van der Waals surface area contributed by atoms with Gasteiger partial charge in [-0.15, -0.1) is 0 Å².